The van der Waals surface area contributed by atoms with Gasteiger partial charge < -0.3 is 15.4 Å². The van der Waals surface area contributed by atoms with Crippen molar-refractivity contribution in [1.82, 2.24) is 5.32 Å². The van der Waals surface area contributed by atoms with Crippen molar-refractivity contribution in [2.45, 2.75) is 58.0 Å². The predicted octanol–water partition coefficient (Wildman–Crippen LogP) is 3.93. The Hall–Kier alpha value is -2.08. The molecule has 0 aliphatic heterocycles. The molecule has 4 saturated carbocycles. The standard InChI is InChI=1S/C23H29ClN2O4/c1-14(22(29)26-19-4-2-18(24)3-5-19)30-21(28)13-25-20(27)12-23-9-15-6-16(10-23)8-17(7-15)11-23/h2-5,14-17H,6-13H2,1H3,(H,25,27)(H,26,29). The number of esters is 1. The summed E-state index contributed by atoms with van der Waals surface area (Å²) in [6.07, 6.45) is 7.00. The molecular weight excluding hydrogens is 404 g/mol. The lowest BCUT2D eigenvalue weighted by Gasteiger charge is -2.56. The number of carbonyl (C=O) groups excluding carboxylic acids is 3. The van der Waals surface area contributed by atoms with E-state index in [1.54, 1.807) is 24.3 Å². The van der Waals surface area contributed by atoms with Gasteiger partial charge >= 0.3 is 5.97 Å². The van der Waals surface area contributed by atoms with E-state index in [1.807, 2.05) is 0 Å². The van der Waals surface area contributed by atoms with Crippen LogP contribution in [0.2, 0.25) is 5.02 Å². The number of nitrogens with one attached hydrogen (secondary N) is 2. The highest BCUT2D eigenvalue weighted by atomic mass is 35.5. The fourth-order valence-electron chi connectivity index (χ4n) is 6.15. The van der Waals surface area contributed by atoms with E-state index in [-0.39, 0.29) is 17.9 Å². The number of hydrogen-bond donors (Lipinski definition) is 2. The van der Waals surface area contributed by atoms with E-state index in [4.69, 9.17) is 16.3 Å². The number of rotatable bonds is 7. The van der Waals surface area contributed by atoms with Gasteiger partial charge in [-0.05, 0) is 92.9 Å². The van der Waals surface area contributed by atoms with Gasteiger partial charge in [-0.1, -0.05) is 11.6 Å². The number of hydrogen-bond acceptors (Lipinski definition) is 4. The first-order valence-corrected chi connectivity index (χ1v) is 11.2. The first-order chi connectivity index (χ1) is 14.3. The van der Waals surface area contributed by atoms with E-state index >= 15 is 0 Å². The van der Waals surface area contributed by atoms with Crippen molar-refractivity contribution < 1.29 is 19.1 Å². The van der Waals surface area contributed by atoms with Gasteiger partial charge in [0, 0.05) is 17.1 Å². The van der Waals surface area contributed by atoms with Gasteiger partial charge in [0.1, 0.15) is 6.54 Å². The van der Waals surface area contributed by atoms with Crippen LogP contribution in [0.5, 0.6) is 0 Å². The molecule has 0 aromatic heterocycles. The van der Waals surface area contributed by atoms with Gasteiger partial charge in [-0.25, -0.2) is 0 Å². The summed E-state index contributed by atoms with van der Waals surface area (Å²) in [5.74, 6) is 1.21. The molecule has 162 valence electrons. The van der Waals surface area contributed by atoms with E-state index < -0.39 is 18.0 Å². The van der Waals surface area contributed by atoms with Crippen molar-refractivity contribution in [3.05, 3.63) is 29.3 Å². The average molecular weight is 433 g/mol. The summed E-state index contributed by atoms with van der Waals surface area (Å²) >= 11 is 5.82. The molecule has 2 amide bonds. The smallest absolute Gasteiger partial charge is 0.326 e. The van der Waals surface area contributed by atoms with Crippen molar-refractivity contribution in [3.8, 4) is 0 Å². The first kappa shape index (κ1) is 21.2. The molecule has 0 spiro atoms. The number of benzene rings is 1. The number of anilines is 1. The summed E-state index contributed by atoms with van der Waals surface area (Å²) in [5.41, 5.74) is 0.699. The largest absolute Gasteiger partial charge is 0.451 e. The molecule has 2 N–H and O–H groups in total. The monoisotopic (exact) mass is 432 g/mol. The second-order valence-electron chi connectivity index (χ2n) is 9.50. The van der Waals surface area contributed by atoms with Gasteiger partial charge in [0.25, 0.3) is 5.91 Å². The Bertz CT molecular complexity index is 788. The predicted molar refractivity (Wildman–Crippen MR) is 114 cm³/mol. The molecule has 1 unspecified atom stereocenters. The summed E-state index contributed by atoms with van der Waals surface area (Å²) in [5, 5.41) is 5.93. The van der Waals surface area contributed by atoms with Crippen LogP contribution >= 0.6 is 11.6 Å². The van der Waals surface area contributed by atoms with E-state index in [2.05, 4.69) is 10.6 Å². The van der Waals surface area contributed by atoms with E-state index in [0.717, 1.165) is 37.0 Å². The molecule has 7 heteroatoms. The van der Waals surface area contributed by atoms with Gasteiger partial charge in [-0.2, -0.15) is 0 Å². The van der Waals surface area contributed by atoms with Crippen molar-refractivity contribution in [3.63, 3.8) is 0 Å². The van der Waals surface area contributed by atoms with Crippen LogP contribution in [0.25, 0.3) is 0 Å². The van der Waals surface area contributed by atoms with Gasteiger partial charge in [-0.3, -0.25) is 14.4 Å². The maximum Gasteiger partial charge on any atom is 0.326 e. The van der Waals surface area contributed by atoms with Crippen LogP contribution in [-0.2, 0) is 19.1 Å². The number of amides is 2. The third-order valence-corrected chi connectivity index (χ3v) is 7.17. The van der Waals surface area contributed by atoms with Crippen molar-refractivity contribution in [2.75, 3.05) is 11.9 Å². The van der Waals surface area contributed by atoms with E-state index in [0.29, 0.717) is 17.1 Å². The summed E-state index contributed by atoms with van der Waals surface area (Å²) in [7, 11) is 0. The Balaban J connectivity index is 1.20. The Kier molecular flexibility index (Phi) is 6.05. The molecular formula is C23H29ClN2O4. The third kappa shape index (κ3) is 4.97. The minimum atomic E-state index is -0.965. The van der Waals surface area contributed by atoms with Crippen molar-refractivity contribution in [1.29, 1.82) is 0 Å². The first-order valence-electron chi connectivity index (χ1n) is 10.8. The van der Waals surface area contributed by atoms with Crippen molar-refractivity contribution in [2.24, 2.45) is 23.2 Å². The van der Waals surface area contributed by atoms with Crippen LogP contribution in [-0.4, -0.2) is 30.4 Å². The molecule has 4 bridgehead atoms. The highest BCUT2D eigenvalue weighted by Crippen LogP contribution is 2.61. The van der Waals surface area contributed by atoms with Crippen LogP contribution in [0.15, 0.2) is 24.3 Å². The van der Waals surface area contributed by atoms with Gasteiger partial charge in [0.15, 0.2) is 6.10 Å². The molecule has 6 nitrogen and oxygen atoms in total. The zero-order valence-corrected chi connectivity index (χ0v) is 18.0. The second kappa shape index (κ2) is 8.58. The minimum absolute atomic E-state index is 0.0906. The lowest BCUT2D eigenvalue weighted by Crippen LogP contribution is -2.48. The van der Waals surface area contributed by atoms with Crippen LogP contribution in [0, 0.1) is 23.2 Å². The Morgan fingerprint density at radius 1 is 1.07 bits per heavy atom. The Morgan fingerprint density at radius 2 is 1.63 bits per heavy atom. The molecule has 4 aliphatic rings. The summed E-state index contributed by atoms with van der Waals surface area (Å²) in [4.78, 5) is 36.8. The summed E-state index contributed by atoms with van der Waals surface area (Å²) < 4.78 is 5.16. The maximum absolute atomic E-state index is 12.5. The van der Waals surface area contributed by atoms with Gasteiger partial charge in [-0.15, -0.1) is 0 Å². The molecule has 30 heavy (non-hydrogen) atoms. The Labute approximate surface area is 182 Å². The summed E-state index contributed by atoms with van der Waals surface area (Å²) in [6, 6.07) is 6.65. The van der Waals surface area contributed by atoms with Crippen LogP contribution < -0.4 is 10.6 Å². The average Bonchev–Trinajstić information content (AvgIpc) is 2.66. The number of carbonyl (C=O) groups is 3. The fourth-order valence-corrected chi connectivity index (χ4v) is 6.28. The molecule has 1 aromatic rings. The molecule has 0 heterocycles. The topological polar surface area (TPSA) is 84.5 Å². The number of ether oxygens (including phenoxy) is 1. The normalized spacial score (nSPS) is 29.9. The third-order valence-electron chi connectivity index (χ3n) is 6.92. The molecule has 0 radical (unpaired) electrons. The summed E-state index contributed by atoms with van der Waals surface area (Å²) in [6.45, 7) is 1.28. The molecule has 5 rings (SSSR count). The maximum atomic E-state index is 12.5. The molecule has 1 aromatic carbocycles. The van der Waals surface area contributed by atoms with Crippen LogP contribution in [0.3, 0.4) is 0 Å². The van der Waals surface area contributed by atoms with Gasteiger partial charge in [0.2, 0.25) is 5.91 Å². The molecule has 4 fully saturated rings. The Morgan fingerprint density at radius 3 is 2.20 bits per heavy atom. The number of halogens is 1. The SMILES string of the molecule is CC(OC(=O)CNC(=O)CC12CC3CC(CC(C3)C1)C2)C(=O)Nc1ccc(Cl)cc1. The van der Waals surface area contributed by atoms with E-state index in [1.165, 1.54) is 26.2 Å². The van der Waals surface area contributed by atoms with Crippen molar-refractivity contribution >= 4 is 35.1 Å². The van der Waals surface area contributed by atoms with Crippen LogP contribution in [0.1, 0.15) is 51.9 Å². The molecule has 1 atom stereocenters. The quantitative estimate of drug-likeness (QED) is 0.639. The molecule has 4 aliphatic carbocycles. The van der Waals surface area contributed by atoms with Crippen LogP contribution in [0.4, 0.5) is 5.69 Å². The zero-order valence-electron chi connectivity index (χ0n) is 17.3. The fraction of sp³-hybridized carbons (Fsp3) is 0.609. The lowest BCUT2D eigenvalue weighted by atomic mass is 9.49. The lowest BCUT2D eigenvalue weighted by molar-refractivity contribution is -0.153. The highest BCUT2D eigenvalue weighted by molar-refractivity contribution is 6.30. The van der Waals surface area contributed by atoms with Gasteiger partial charge in [0.05, 0.1) is 0 Å². The molecule has 0 saturated heterocycles. The zero-order chi connectivity index (χ0) is 21.3. The second-order valence-corrected chi connectivity index (χ2v) is 9.94. The highest BCUT2D eigenvalue weighted by Gasteiger charge is 2.51. The minimum Gasteiger partial charge on any atom is -0.451 e. The van der Waals surface area contributed by atoms with E-state index in [9.17, 15) is 14.4 Å².